The van der Waals surface area contributed by atoms with Crippen molar-refractivity contribution in [1.82, 2.24) is 9.97 Å². The number of halogens is 4. The SMILES string of the molecule is Cc1nc(NC(C)c2cccc(C(O)(CO)C(F)(F)F)c2F)c2cc3c(cc2n1)OC(C)(C)C(=O)N3C. The molecule has 12 heteroatoms. The first kappa shape index (κ1) is 26.6. The third-order valence-corrected chi connectivity index (χ3v) is 6.43. The molecule has 37 heavy (non-hydrogen) atoms. The molecule has 1 aromatic heterocycles. The number of fused-ring (bicyclic) bond motifs is 2. The van der Waals surface area contributed by atoms with Gasteiger partial charge in [0, 0.05) is 29.6 Å². The van der Waals surface area contributed by atoms with Crippen LogP contribution in [0.1, 0.15) is 43.8 Å². The Morgan fingerprint density at radius 2 is 1.89 bits per heavy atom. The number of nitrogens with zero attached hydrogens (tertiary/aromatic N) is 3. The van der Waals surface area contributed by atoms with Crippen LogP contribution in [0, 0.1) is 12.7 Å². The quantitative estimate of drug-likeness (QED) is 0.433. The lowest BCUT2D eigenvalue weighted by molar-refractivity contribution is -0.278. The summed E-state index contributed by atoms with van der Waals surface area (Å²) in [7, 11) is 1.60. The van der Waals surface area contributed by atoms with E-state index in [9.17, 15) is 28.2 Å². The maximum absolute atomic E-state index is 15.3. The number of carbonyl (C=O) groups excluding carboxylic acids is 1. The van der Waals surface area contributed by atoms with Gasteiger partial charge in [0.25, 0.3) is 5.91 Å². The van der Waals surface area contributed by atoms with Crippen LogP contribution in [0.15, 0.2) is 30.3 Å². The smallest absolute Gasteiger partial charge is 0.423 e. The van der Waals surface area contributed by atoms with Gasteiger partial charge in [0.05, 0.1) is 23.9 Å². The fourth-order valence-corrected chi connectivity index (χ4v) is 4.36. The second-order valence-electron chi connectivity index (χ2n) is 9.52. The van der Waals surface area contributed by atoms with Crippen molar-refractivity contribution in [2.45, 2.75) is 51.1 Å². The average Bonchev–Trinajstić information content (AvgIpc) is 2.80. The second kappa shape index (κ2) is 8.80. The molecule has 1 aliphatic heterocycles. The number of nitrogens with one attached hydrogen (secondary N) is 1. The highest BCUT2D eigenvalue weighted by atomic mass is 19.4. The molecule has 2 unspecified atom stereocenters. The van der Waals surface area contributed by atoms with Crippen LogP contribution < -0.4 is 15.0 Å². The van der Waals surface area contributed by atoms with Crippen molar-refractivity contribution in [3.05, 3.63) is 53.1 Å². The van der Waals surface area contributed by atoms with Crippen molar-refractivity contribution in [3.63, 3.8) is 0 Å². The van der Waals surface area contributed by atoms with Crippen LogP contribution in [-0.4, -0.2) is 51.5 Å². The number of hydrogen-bond donors (Lipinski definition) is 3. The van der Waals surface area contributed by atoms with Gasteiger partial charge in [0.1, 0.15) is 23.2 Å². The highest BCUT2D eigenvalue weighted by Crippen LogP contribution is 2.43. The van der Waals surface area contributed by atoms with Crippen LogP contribution in [-0.2, 0) is 10.4 Å². The standard InChI is InChI=1S/C25H26F4N4O4/c1-12(14-7-6-8-16(20(14)26)24(36,11-34)25(27,28)29)30-21-15-9-18-19(10-17(15)31-13(2)32-21)37-23(3,4)22(35)33(18)5/h6-10,12,34,36H,11H2,1-5H3,(H,30,31,32). The van der Waals surface area contributed by atoms with Gasteiger partial charge < -0.3 is 25.2 Å². The van der Waals surface area contributed by atoms with Gasteiger partial charge in [-0.3, -0.25) is 4.79 Å². The van der Waals surface area contributed by atoms with Gasteiger partial charge in [0.2, 0.25) is 5.60 Å². The number of aliphatic hydroxyl groups excluding tert-OH is 1. The lowest BCUT2D eigenvalue weighted by Crippen LogP contribution is -2.50. The van der Waals surface area contributed by atoms with Crippen molar-refractivity contribution >= 4 is 28.3 Å². The fraction of sp³-hybridized carbons (Fsp3) is 0.400. The number of alkyl halides is 3. The number of ether oxygens (including phenoxy) is 1. The Balaban J connectivity index is 1.78. The van der Waals surface area contributed by atoms with Crippen molar-refractivity contribution in [1.29, 1.82) is 0 Å². The number of aromatic nitrogens is 2. The summed E-state index contributed by atoms with van der Waals surface area (Å²) in [6.07, 6.45) is -5.31. The minimum atomic E-state index is -5.31. The van der Waals surface area contributed by atoms with Gasteiger partial charge >= 0.3 is 6.18 Å². The molecular formula is C25H26F4N4O4. The molecule has 0 bridgehead atoms. The number of anilines is 2. The van der Waals surface area contributed by atoms with E-state index in [2.05, 4.69) is 15.3 Å². The minimum Gasteiger partial charge on any atom is -0.476 e. The molecule has 1 amide bonds. The average molecular weight is 522 g/mol. The fourth-order valence-electron chi connectivity index (χ4n) is 4.36. The lowest BCUT2D eigenvalue weighted by Gasteiger charge is -2.37. The molecule has 0 fully saturated rings. The molecule has 3 N–H and O–H groups in total. The molecule has 8 nitrogen and oxygen atoms in total. The summed E-state index contributed by atoms with van der Waals surface area (Å²) in [5, 5.41) is 22.8. The van der Waals surface area contributed by atoms with E-state index < -0.39 is 41.4 Å². The first-order valence-corrected chi connectivity index (χ1v) is 11.4. The van der Waals surface area contributed by atoms with Gasteiger partial charge in [0.15, 0.2) is 5.60 Å². The number of aryl methyl sites for hydroxylation is 1. The van der Waals surface area contributed by atoms with E-state index in [4.69, 9.17) is 4.74 Å². The Hall–Kier alpha value is -3.51. The summed E-state index contributed by atoms with van der Waals surface area (Å²) in [5.74, 6) is -0.532. The Morgan fingerprint density at radius 1 is 1.22 bits per heavy atom. The third-order valence-electron chi connectivity index (χ3n) is 6.43. The van der Waals surface area contributed by atoms with E-state index in [1.807, 2.05) is 0 Å². The van der Waals surface area contributed by atoms with Crippen LogP contribution in [0.5, 0.6) is 5.75 Å². The monoisotopic (exact) mass is 522 g/mol. The van der Waals surface area contributed by atoms with Crippen LogP contribution >= 0.6 is 0 Å². The minimum absolute atomic E-state index is 0.187. The summed E-state index contributed by atoms with van der Waals surface area (Å²) in [5.41, 5.74) is -5.19. The lowest BCUT2D eigenvalue weighted by atomic mass is 9.90. The molecule has 0 saturated carbocycles. The van der Waals surface area contributed by atoms with Crippen molar-refractivity contribution in [2.24, 2.45) is 0 Å². The number of likely N-dealkylation sites (N-methyl/N-ethyl adjacent to an activating group) is 1. The zero-order valence-electron chi connectivity index (χ0n) is 20.7. The zero-order valence-corrected chi connectivity index (χ0v) is 20.7. The Kier molecular flexibility index (Phi) is 6.32. The normalized spacial score (nSPS) is 17.7. The number of aliphatic hydroxyl groups is 2. The molecule has 2 aromatic carbocycles. The van der Waals surface area contributed by atoms with E-state index in [0.29, 0.717) is 28.2 Å². The molecule has 198 valence electrons. The van der Waals surface area contributed by atoms with Gasteiger partial charge in [-0.05, 0) is 33.8 Å². The zero-order chi connectivity index (χ0) is 27.5. The number of carbonyl (C=O) groups is 1. The van der Waals surface area contributed by atoms with E-state index in [1.54, 1.807) is 40.0 Å². The van der Waals surface area contributed by atoms with Gasteiger partial charge in [-0.2, -0.15) is 13.2 Å². The summed E-state index contributed by atoms with van der Waals surface area (Å²) in [4.78, 5) is 22.9. The van der Waals surface area contributed by atoms with E-state index in [1.165, 1.54) is 17.9 Å². The summed E-state index contributed by atoms with van der Waals surface area (Å²) >= 11 is 0. The highest BCUT2D eigenvalue weighted by molar-refractivity contribution is 6.05. The molecular weight excluding hydrogens is 496 g/mol. The third kappa shape index (κ3) is 4.33. The first-order valence-electron chi connectivity index (χ1n) is 11.4. The van der Waals surface area contributed by atoms with E-state index in [-0.39, 0.29) is 17.3 Å². The van der Waals surface area contributed by atoms with Gasteiger partial charge in [-0.15, -0.1) is 0 Å². The largest absolute Gasteiger partial charge is 0.476 e. The molecule has 0 saturated heterocycles. The molecule has 3 aromatic rings. The topological polar surface area (TPSA) is 108 Å². The predicted octanol–water partition coefficient (Wildman–Crippen LogP) is 4.13. The number of benzene rings is 2. The molecule has 2 atom stereocenters. The van der Waals surface area contributed by atoms with E-state index >= 15 is 4.39 Å². The van der Waals surface area contributed by atoms with Crippen LogP contribution in [0.4, 0.5) is 29.1 Å². The summed E-state index contributed by atoms with van der Waals surface area (Å²) in [6.45, 7) is 4.71. The maximum atomic E-state index is 15.3. The molecule has 4 rings (SSSR count). The molecule has 0 spiro atoms. The molecule has 0 radical (unpaired) electrons. The number of rotatable bonds is 5. The Labute approximate surface area is 209 Å². The van der Waals surface area contributed by atoms with Crippen molar-refractivity contribution < 1.29 is 37.3 Å². The van der Waals surface area contributed by atoms with Crippen LogP contribution in [0.2, 0.25) is 0 Å². The molecule has 1 aliphatic rings. The Morgan fingerprint density at radius 3 is 2.51 bits per heavy atom. The second-order valence-corrected chi connectivity index (χ2v) is 9.52. The maximum Gasteiger partial charge on any atom is 0.423 e. The first-order chi connectivity index (χ1) is 17.1. The summed E-state index contributed by atoms with van der Waals surface area (Å²) in [6, 6.07) is 5.60. The number of hydrogen-bond acceptors (Lipinski definition) is 7. The molecule has 2 heterocycles. The van der Waals surface area contributed by atoms with E-state index in [0.717, 1.165) is 12.1 Å². The van der Waals surface area contributed by atoms with Gasteiger partial charge in [-0.25, -0.2) is 14.4 Å². The van der Waals surface area contributed by atoms with Crippen LogP contribution in [0.25, 0.3) is 10.9 Å². The number of amides is 1. The highest BCUT2D eigenvalue weighted by Gasteiger charge is 2.56. The van der Waals surface area contributed by atoms with Crippen molar-refractivity contribution in [3.8, 4) is 5.75 Å². The van der Waals surface area contributed by atoms with Gasteiger partial charge in [-0.1, -0.05) is 18.2 Å². The predicted molar refractivity (Wildman–Crippen MR) is 128 cm³/mol. The van der Waals surface area contributed by atoms with Crippen molar-refractivity contribution in [2.75, 3.05) is 23.9 Å². The Bertz CT molecular complexity index is 1400. The van der Waals surface area contributed by atoms with Crippen LogP contribution in [0.3, 0.4) is 0 Å². The summed E-state index contributed by atoms with van der Waals surface area (Å²) < 4.78 is 61.6. The molecule has 0 aliphatic carbocycles.